The van der Waals surface area contributed by atoms with Crippen LogP contribution in [0.3, 0.4) is 0 Å². The number of hydrogen-bond acceptors (Lipinski definition) is 8. The molecule has 1 N–H and O–H groups in total. The predicted octanol–water partition coefficient (Wildman–Crippen LogP) is 2.91. The van der Waals surface area contributed by atoms with Crippen molar-refractivity contribution in [1.82, 2.24) is 10.2 Å². The summed E-state index contributed by atoms with van der Waals surface area (Å²) in [4.78, 5) is 28.5. The first kappa shape index (κ1) is 22.9. The maximum absolute atomic E-state index is 14.9. The largest absolute Gasteiger partial charge is 0.442 e. The Morgan fingerprint density at radius 2 is 2.03 bits per heavy atom. The van der Waals surface area contributed by atoms with Crippen LogP contribution in [0.2, 0.25) is 0 Å². The molecule has 0 bridgehead atoms. The third-order valence-electron chi connectivity index (χ3n) is 5.62. The van der Waals surface area contributed by atoms with Crippen molar-refractivity contribution in [2.75, 3.05) is 49.1 Å². The van der Waals surface area contributed by atoms with Crippen LogP contribution in [0, 0.1) is 15.9 Å². The third kappa shape index (κ3) is 5.40. The molecular weight excluding hydrogens is 453 g/mol. The van der Waals surface area contributed by atoms with Gasteiger partial charge in [-0.3, -0.25) is 19.9 Å². The van der Waals surface area contributed by atoms with Gasteiger partial charge in [-0.2, -0.15) is 0 Å². The number of thiocarbonyl (C=S) groups is 1. The summed E-state index contributed by atoms with van der Waals surface area (Å²) in [6.45, 7) is 5.43. The van der Waals surface area contributed by atoms with Gasteiger partial charge in [-0.25, -0.2) is 9.18 Å². The van der Waals surface area contributed by atoms with E-state index in [2.05, 4.69) is 10.2 Å². The summed E-state index contributed by atoms with van der Waals surface area (Å²) in [5.41, 5.74) is 0.912. The zero-order valence-corrected chi connectivity index (χ0v) is 18.8. The number of nitrogens with zero attached hydrogens (tertiary/aromatic N) is 4. The summed E-state index contributed by atoms with van der Waals surface area (Å²) >= 11 is 4.97. The molecule has 1 aromatic carbocycles. The summed E-state index contributed by atoms with van der Waals surface area (Å²) in [6.07, 6.45) is -0.871. The van der Waals surface area contributed by atoms with E-state index in [1.54, 1.807) is 25.1 Å². The van der Waals surface area contributed by atoms with Crippen LogP contribution in [0.4, 0.5) is 26.4 Å². The molecule has 0 radical (unpaired) electrons. The van der Waals surface area contributed by atoms with E-state index in [1.165, 1.54) is 17.0 Å². The van der Waals surface area contributed by atoms with Crippen LogP contribution < -0.4 is 15.1 Å². The van der Waals surface area contributed by atoms with Crippen LogP contribution in [0.5, 0.6) is 0 Å². The van der Waals surface area contributed by atoms with E-state index < -0.39 is 16.8 Å². The summed E-state index contributed by atoms with van der Waals surface area (Å²) in [6, 6.07) is 7.69. The second-order valence-electron chi connectivity index (χ2n) is 7.95. The first-order valence-electron chi connectivity index (χ1n) is 10.5. The fraction of sp³-hybridized carbons (Fsp3) is 0.429. The standard InChI is InChI=1S/C21H24FN5O5S/c1-14(33)23-11-17-13-26(21(28)32-17)15-2-4-19(18(22)10-15)25-8-6-24(7-9-25)12-16-3-5-20(31-16)27(29)30/h2-5,10,17H,6-9,11-13H2,1H3,(H,23,33)/t17-/m0/s1. The highest BCUT2D eigenvalue weighted by atomic mass is 32.1. The number of carbonyl (C=O) groups excluding carboxylic acids is 1. The van der Waals surface area contributed by atoms with Gasteiger partial charge in [0, 0.05) is 26.2 Å². The Morgan fingerprint density at radius 3 is 2.67 bits per heavy atom. The second-order valence-corrected chi connectivity index (χ2v) is 8.56. The number of piperazine rings is 1. The molecule has 2 aromatic rings. The molecule has 0 aliphatic carbocycles. The zero-order valence-electron chi connectivity index (χ0n) is 18.0. The smallest absolute Gasteiger partial charge is 0.433 e. The molecule has 176 valence electrons. The summed E-state index contributed by atoms with van der Waals surface area (Å²) in [7, 11) is 0. The van der Waals surface area contributed by atoms with Crippen LogP contribution in [0.25, 0.3) is 0 Å². The lowest BCUT2D eigenvalue weighted by Gasteiger charge is -2.36. The molecule has 12 heteroatoms. The van der Waals surface area contributed by atoms with Crippen LogP contribution in [-0.2, 0) is 11.3 Å². The van der Waals surface area contributed by atoms with Crippen LogP contribution in [0.1, 0.15) is 12.7 Å². The number of nitro groups is 1. The Hall–Kier alpha value is -3.25. The van der Waals surface area contributed by atoms with Gasteiger partial charge in [-0.1, -0.05) is 12.2 Å². The van der Waals surface area contributed by atoms with Gasteiger partial charge < -0.3 is 19.4 Å². The summed E-state index contributed by atoms with van der Waals surface area (Å²) < 4.78 is 25.5. The number of anilines is 2. The number of nitrogens with one attached hydrogen (secondary N) is 1. The first-order chi connectivity index (χ1) is 15.8. The van der Waals surface area contributed by atoms with E-state index in [1.807, 2.05) is 4.90 Å². The summed E-state index contributed by atoms with van der Waals surface area (Å²) in [5, 5.41) is 13.7. The van der Waals surface area contributed by atoms with Crippen LogP contribution in [0.15, 0.2) is 34.7 Å². The number of carbonyl (C=O) groups is 1. The Kier molecular flexibility index (Phi) is 6.75. The molecule has 0 spiro atoms. The lowest BCUT2D eigenvalue weighted by Crippen LogP contribution is -2.46. The van der Waals surface area contributed by atoms with Gasteiger partial charge in [0.05, 0.1) is 42.1 Å². The van der Waals surface area contributed by atoms with Crippen molar-refractivity contribution < 1.29 is 23.3 Å². The monoisotopic (exact) mass is 477 g/mol. The van der Waals surface area contributed by atoms with Crippen molar-refractivity contribution in [3.8, 4) is 0 Å². The van der Waals surface area contributed by atoms with Crippen molar-refractivity contribution >= 4 is 40.6 Å². The highest BCUT2D eigenvalue weighted by molar-refractivity contribution is 7.80. The number of rotatable bonds is 7. The Bertz CT molecular complexity index is 1060. The molecule has 1 aromatic heterocycles. The summed E-state index contributed by atoms with van der Waals surface area (Å²) in [5.74, 6) is -0.159. The number of halogens is 1. The van der Waals surface area contributed by atoms with E-state index in [0.29, 0.717) is 67.9 Å². The van der Waals surface area contributed by atoms with Crippen LogP contribution in [-0.4, -0.2) is 66.3 Å². The molecule has 33 heavy (non-hydrogen) atoms. The maximum atomic E-state index is 14.9. The molecule has 2 fully saturated rings. The highest BCUT2D eigenvalue weighted by Gasteiger charge is 2.33. The van der Waals surface area contributed by atoms with Crippen LogP contribution >= 0.6 is 12.2 Å². The minimum atomic E-state index is -0.562. The third-order valence-corrected chi connectivity index (χ3v) is 5.76. The van der Waals surface area contributed by atoms with Gasteiger partial charge in [-0.05, 0) is 31.2 Å². The average Bonchev–Trinajstić information content (AvgIpc) is 3.39. The minimum Gasteiger partial charge on any atom is -0.442 e. The fourth-order valence-corrected chi connectivity index (χ4v) is 4.02. The van der Waals surface area contributed by atoms with E-state index in [4.69, 9.17) is 21.4 Å². The predicted molar refractivity (Wildman–Crippen MR) is 123 cm³/mol. The molecule has 4 rings (SSSR count). The average molecular weight is 478 g/mol. The Balaban J connectivity index is 1.33. The van der Waals surface area contributed by atoms with Gasteiger partial charge >= 0.3 is 12.0 Å². The number of benzene rings is 1. The topological polar surface area (TPSA) is 104 Å². The van der Waals surface area contributed by atoms with Crippen molar-refractivity contribution in [3.63, 3.8) is 0 Å². The molecule has 1 amide bonds. The number of cyclic esters (lactones) is 1. The SMILES string of the molecule is CC(=S)NC[C@H]1CN(c2ccc(N3CCN(Cc4ccc([N+](=O)[O-])o4)CC3)c(F)c2)C(=O)O1. The first-order valence-corrected chi connectivity index (χ1v) is 10.9. The van der Waals surface area contributed by atoms with E-state index in [-0.39, 0.29) is 12.0 Å². The normalized spacial score (nSPS) is 19.0. The fourth-order valence-electron chi connectivity index (χ4n) is 3.93. The van der Waals surface area contributed by atoms with E-state index in [9.17, 15) is 19.3 Å². The molecule has 0 saturated carbocycles. The van der Waals surface area contributed by atoms with Gasteiger partial charge in [0.2, 0.25) is 0 Å². The van der Waals surface area contributed by atoms with Gasteiger partial charge in [-0.15, -0.1) is 0 Å². The van der Waals surface area contributed by atoms with Crippen molar-refractivity contribution in [2.24, 2.45) is 0 Å². The molecule has 2 aliphatic rings. The molecule has 0 unspecified atom stereocenters. The Morgan fingerprint density at radius 1 is 1.27 bits per heavy atom. The molecular formula is C21H24FN5O5S. The molecule has 10 nitrogen and oxygen atoms in total. The van der Waals surface area contributed by atoms with Crippen molar-refractivity contribution in [3.05, 3.63) is 52.0 Å². The van der Waals surface area contributed by atoms with Gasteiger partial charge in [0.15, 0.2) is 0 Å². The number of hydrogen-bond donors (Lipinski definition) is 1. The van der Waals surface area contributed by atoms with Crippen molar-refractivity contribution in [2.45, 2.75) is 19.6 Å². The van der Waals surface area contributed by atoms with E-state index in [0.717, 1.165) is 0 Å². The number of amides is 1. The van der Waals surface area contributed by atoms with Crippen molar-refractivity contribution in [1.29, 1.82) is 0 Å². The lowest BCUT2D eigenvalue weighted by atomic mass is 10.2. The maximum Gasteiger partial charge on any atom is 0.433 e. The minimum absolute atomic E-state index is 0.274. The molecule has 3 heterocycles. The second kappa shape index (κ2) is 9.71. The molecule has 2 aliphatic heterocycles. The molecule has 2 saturated heterocycles. The quantitative estimate of drug-likeness (QED) is 0.366. The number of ether oxygens (including phenoxy) is 1. The highest BCUT2D eigenvalue weighted by Crippen LogP contribution is 2.29. The van der Waals surface area contributed by atoms with Gasteiger partial charge in [0.1, 0.15) is 22.6 Å². The number of furan rings is 1. The lowest BCUT2D eigenvalue weighted by molar-refractivity contribution is -0.402. The van der Waals surface area contributed by atoms with Gasteiger partial charge in [0.25, 0.3) is 0 Å². The van der Waals surface area contributed by atoms with E-state index >= 15 is 0 Å². The zero-order chi connectivity index (χ0) is 23.5. The Labute approximate surface area is 195 Å². The molecule has 1 atom stereocenters.